The second kappa shape index (κ2) is 5.49. The smallest absolute Gasteiger partial charge is 0.255 e. The zero-order valence-electron chi connectivity index (χ0n) is 9.66. The minimum Gasteiger partial charge on any atom is -0.339 e. The number of pyridine rings is 1. The largest absolute Gasteiger partial charge is 0.339 e. The molecule has 1 aromatic rings. The summed E-state index contributed by atoms with van der Waals surface area (Å²) in [6.07, 6.45) is 2.70. The minimum absolute atomic E-state index is 0.0879. The van der Waals surface area contributed by atoms with E-state index in [0.29, 0.717) is 5.56 Å². The molecule has 0 radical (unpaired) electrons. The number of carbonyl (C=O) groups excluding carboxylic acids is 1. The van der Waals surface area contributed by atoms with E-state index in [-0.39, 0.29) is 5.91 Å². The molecule has 3 heteroatoms. The predicted octanol–water partition coefficient (Wildman–Crippen LogP) is 2.26. The first kappa shape index (κ1) is 11.7. The van der Waals surface area contributed by atoms with Crippen LogP contribution >= 0.6 is 0 Å². The molecule has 0 aliphatic heterocycles. The second-order valence-corrected chi connectivity index (χ2v) is 3.52. The zero-order valence-corrected chi connectivity index (χ0v) is 9.66. The van der Waals surface area contributed by atoms with Crippen LogP contribution in [-0.2, 0) is 0 Å². The van der Waals surface area contributed by atoms with Gasteiger partial charge in [-0.2, -0.15) is 0 Å². The molecule has 82 valence electrons. The Morgan fingerprint density at radius 1 is 1.47 bits per heavy atom. The summed E-state index contributed by atoms with van der Waals surface area (Å²) in [7, 11) is 0. The molecule has 1 heterocycles. The van der Waals surface area contributed by atoms with Gasteiger partial charge in [-0.3, -0.25) is 9.78 Å². The molecular weight excluding hydrogens is 188 g/mol. The maximum atomic E-state index is 12.1. The Hall–Kier alpha value is -1.38. The Morgan fingerprint density at radius 2 is 2.20 bits per heavy atom. The summed E-state index contributed by atoms with van der Waals surface area (Å²) >= 11 is 0. The molecule has 0 saturated heterocycles. The van der Waals surface area contributed by atoms with Gasteiger partial charge in [0, 0.05) is 25.0 Å². The first-order chi connectivity index (χ1) is 7.20. The molecule has 0 fully saturated rings. The topological polar surface area (TPSA) is 33.2 Å². The van der Waals surface area contributed by atoms with Gasteiger partial charge in [-0.1, -0.05) is 6.92 Å². The number of amides is 1. The fourth-order valence-corrected chi connectivity index (χ4v) is 1.55. The van der Waals surface area contributed by atoms with Crippen molar-refractivity contribution in [1.82, 2.24) is 9.88 Å². The molecule has 0 aliphatic carbocycles. The third-order valence-electron chi connectivity index (χ3n) is 2.40. The van der Waals surface area contributed by atoms with Gasteiger partial charge in [-0.15, -0.1) is 0 Å². The molecule has 0 aliphatic rings. The maximum Gasteiger partial charge on any atom is 0.255 e. The number of aromatic nitrogens is 1. The number of hydrogen-bond donors (Lipinski definition) is 0. The summed E-state index contributed by atoms with van der Waals surface area (Å²) in [6.45, 7) is 7.50. The van der Waals surface area contributed by atoms with E-state index in [0.717, 1.165) is 25.2 Å². The van der Waals surface area contributed by atoms with E-state index in [1.807, 2.05) is 24.8 Å². The lowest BCUT2D eigenvalue weighted by Crippen LogP contribution is -2.32. The van der Waals surface area contributed by atoms with Crippen LogP contribution in [0.4, 0.5) is 0 Å². The lowest BCUT2D eigenvalue weighted by atomic mass is 10.2. The lowest BCUT2D eigenvalue weighted by Gasteiger charge is -2.20. The Balaban J connectivity index is 2.88. The van der Waals surface area contributed by atoms with Crippen LogP contribution in [0.5, 0.6) is 0 Å². The predicted molar refractivity (Wildman–Crippen MR) is 60.8 cm³/mol. The Kier molecular flexibility index (Phi) is 4.28. The second-order valence-electron chi connectivity index (χ2n) is 3.52. The van der Waals surface area contributed by atoms with E-state index in [2.05, 4.69) is 11.9 Å². The zero-order chi connectivity index (χ0) is 11.3. The van der Waals surface area contributed by atoms with Crippen LogP contribution in [0, 0.1) is 6.92 Å². The Bertz CT molecular complexity index is 336. The van der Waals surface area contributed by atoms with Gasteiger partial charge in [-0.05, 0) is 32.4 Å². The number of rotatable bonds is 4. The summed E-state index contributed by atoms with van der Waals surface area (Å²) in [5, 5.41) is 0. The van der Waals surface area contributed by atoms with Crippen molar-refractivity contribution in [3.63, 3.8) is 0 Å². The average Bonchev–Trinajstić information content (AvgIpc) is 2.25. The quantitative estimate of drug-likeness (QED) is 0.757. The van der Waals surface area contributed by atoms with E-state index in [4.69, 9.17) is 0 Å². The van der Waals surface area contributed by atoms with E-state index in [1.54, 1.807) is 12.3 Å². The van der Waals surface area contributed by atoms with Crippen LogP contribution in [0.3, 0.4) is 0 Å². The van der Waals surface area contributed by atoms with Crippen molar-refractivity contribution >= 4 is 5.91 Å². The number of carbonyl (C=O) groups is 1. The van der Waals surface area contributed by atoms with Gasteiger partial charge in [0.1, 0.15) is 0 Å². The fraction of sp³-hybridized carbons (Fsp3) is 0.500. The Morgan fingerprint density at radius 3 is 2.73 bits per heavy atom. The fourth-order valence-electron chi connectivity index (χ4n) is 1.55. The molecule has 15 heavy (non-hydrogen) atoms. The van der Waals surface area contributed by atoms with Crippen molar-refractivity contribution in [3.05, 3.63) is 29.6 Å². The molecule has 1 aromatic heterocycles. The van der Waals surface area contributed by atoms with Gasteiger partial charge in [0.2, 0.25) is 0 Å². The minimum atomic E-state index is 0.0879. The highest BCUT2D eigenvalue weighted by Gasteiger charge is 2.15. The molecule has 0 saturated carbocycles. The molecule has 1 amide bonds. The standard InChI is InChI=1S/C12H18N2O/c1-4-9-14(5-2)12(15)11-7-6-8-13-10(11)3/h6-8H,4-5,9H2,1-3H3. The molecule has 0 aromatic carbocycles. The third kappa shape index (κ3) is 2.78. The molecule has 0 unspecified atom stereocenters. The van der Waals surface area contributed by atoms with Crippen molar-refractivity contribution in [2.24, 2.45) is 0 Å². The van der Waals surface area contributed by atoms with E-state index in [9.17, 15) is 4.79 Å². The number of nitrogens with zero attached hydrogens (tertiary/aromatic N) is 2. The molecule has 0 spiro atoms. The third-order valence-corrected chi connectivity index (χ3v) is 2.40. The van der Waals surface area contributed by atoms with Crippen LogP contribution in [0.25, 0.3) is 0 Å². The SMILES string of the molecule is CCCN(CC)C(=O)c1cccnc1C. The van der Waals surface area contributed by atoms with Crippen LogP contribution in [-0.4, -0.2) is 28.9 Å². The van der Waals surface area contributed by atoms with Crippen molar-refractivity contribution in [2.75, 3.05) is 13.1 Å². The highest BCUT2D eigenvalue weighted by Crippen LogP contribution is 2.08. The average molecular weight is 206 g/mol. The molecule has 0 N–H and O–H groups in total. The first-order valence-corrected chi connectivity index (χ1v) is 5.41. The molecular formula is C12H18N2O. The van der Waals surface area contributed by atoms with Crippen LogP contribution in [0.2, 0.25) is 0 Å². The van der Waals surface area contributed by atoms with Crippen molar-refractivity contribution < 1.29 is 4.79 Å². The first-order valence-electron chi connectivity index (χ1n) is 5.41. The Labute approximate surface area is 91.1 Å². The van der Waals surface area contributed by atoms with Gasteiger partial charge in [0.25, 0.3) is 5.91 Å². The maximum absolute atomic E-state index is 12.1. The highest BCUT2D eigenvalue weighted by molar-refractivity contribution is 5.95. The lowest BCUT2D eigenvalue weighted by molar-refractivity contribution is 0.0763. The van der Waals surface area contributed by atoms with E-state index in [1.165, 1.54) is 0 Å². The molecule has 0 bridgehead atoms. The van der Waals surface area contributed by atoms with Gasteiger partial charge in [0.05, 0.1) is 5.56 Å². The number of aryl methyl sites for hydroxylation is 1. The molecule has 0 atom stereocenters. The van der Waals surface area contributed by atoms with Crippen molar-refractivity contribution in [2.45, 2.75) is 27.2 Å². The van der Waals surface area contributed by atoms with Gasteiger partial charge in [0.15, 0.2) is 0 Å². The van der Waals surface area contributed by atoms with Crippen molar-refractivity contribution in [3.8, 4) is 0 Å². The van der Waals surface area contributed by atoms with Gasteiger partial charge in [-0.25, -0.2) is 0 Å². The molecule has 1 rings (SSSR count). The van der Waals surface area contributed by atoms with Gasteiger partial charge >= 0.3 is 0 Å². The summed E-state index contributed by atoms with van der Waals surface area (Å²) in [4.78, 5) is 18.1. The summed E-state index contributed by atoms with van der Waals surface area (Å²) < 4.78 is 0. The van der Waals surface area contributed by atoms with E-state index < -0.39 is 0 Å². The summed E-state index contributed by atoms with van der Waals surface area (Å²) in [5.74, 6) is 0.0879. The molecule has 3 nitrogen and oxygen atoms in total. The van der Waals surface area contributed by atoms with Crippen LogP contribution < -0.4 is 0 Å². The monoisotopic (exact) mass is 206 g/mol. The summed E-state index contributed by atoms with van der Waals surface area (Å²) in [6, 6.07) is 3.64. The number of hydrogen-bond acceptors (Lipinski definition) is 2. The highest BCUT2D eigenvalue weighted by atomic mass is 16.2. The normalized spacial score (nSPS) is 10.1. The van der Waals surface area contributed by atoms with Gasteiger partial charge < -0.3 is 4.90 Å². The van der Waals surface area contributed by atoms with E-state index >= 15 is 0 Å². The van der Waals surface area contributed by atoms with Crippen LogP contribution in [0.15, 0.2) is 18.3 Å². The van der Waals surface area contributed by atoms with Crippen LogP contribution in [0.1, 0.15) is 36.3 Å². The summed E-state index contributed by atoms with van der Waals surface area (Å²) in [5.41, 5.74) is 1.52. The van der Waals surface area contributed by atoms with Crippen molar-refractivity contribution in [1.29, 1.82) is 0 Å².